The van der Waals surface area contributed by atoms with E-state index in [9.17, 15) is 14.7 Å². The molecule has 0 saturated heterocycles. The lowest BCUT2D eigenvalue weighted by atomic mass is 9.93. The smallest absolute Gasteiger partial charge is 0.308 e. The molecule has 0 amide bonds. The molecule has 0 spiro atoms. The van der Waals surface area contributed by atoms with Crippen molar-refractivity contribution >= 4 is 11.8 Å². The van der Waals surface area contributed by atoms with E-state index in [1.807, 2.05) is 6.08 Å². The number of hydrogen-bond acceptors (Lipinski definition) is 4. The van der Waals surface area contributed by atoms with Crippen molar-refractivity contribution < 1.29 is 19.4 Å². The molecule has 0 saturated carbocycles. The number of ketones is 1. The summed E-state index contributed by atoms with van der Waals surface area (Å²) in [5.41, 5.74) is 0.651. The van der Waals surface area contributed by atoms with Crippen LogP contribution < -0.4 is 0 Å². The first-order valence-corrected chi connectivity index (χ1v) is 5.10. The van der Waals surface area contributed by atoms with Gasteiger partial charge in [-0.1, -0.05) is 6.08 Å². The van der Waals surface area contributed by atoms with Crippen molar-refractivity contribution in [3.63, 3.8) is 0 Å². The molecule has 1 atom stereocenters. The van der Waals surface area contributed by atoms with Gasteiger partial charge in [-0.2, -0.15) is 0 Å². The summed E-state index contributed by atoms with van der Waals surface area (Å²) >= 11 is 0. The molecule has 84 valence electrons. The molecule has 4 nitrogen and oxygen atoms in total. The average molecular weight is 212 g/mol. The van der Waals surface area contributed by atoms with Gasteiger partial charge >= 0.3 is 5.97 Å². The summed E-state index contributed by atoms with van der Waals surface area (Å²) in [4.78, 5) is 22.2. The Morgan fingerprint density at radius 2 is 2.40 bits per heavy atom. The maximum Gasteiger partial charge on any atom is 0.308 e. The van der Waals surface area contributed by atoms with E-state index in [0.717, 1.165) is 12.8 Å². The predicted molar refractivity (Wildman–Crippen MR) is 54.2 cm³/mol. The molecule has 1 N–H and O–H groups in total. The fourth-order valence-electron chi connectivity index (χ4n) is 1.61. The van der Waals surface area contributed by atoms with Crippen LogP contribution in [0.15, 0.2) is 11.6 Å². The quantitative estimate of drug-likeness (QED) is 0.705. The van der Waals surface area contributed by atoms with Crippen LogP contribution in [0.3, 0.4) is 0 Å². The second-order valence-corrected chi connectivity index (χ2v) is 3.68. The molecule has 0 aromatic carbocycles. The van der Waals surface area contributed by atoms with Gasteiger partial charge in [-0.15, -0.1) is 0 Å². The van der Waals surface area contributed by atoms with Gasteiger partial charge in [0.05, 0.1) is 19.6 Å². The fourth-order valence-corrected chi connectivity index (χ4v) is 1.61. The SMILES string of the molecule is COC(=O)CC(O)CC1=CCCCC1=O. The number of carbonyl (C=O) groups is 2. The van der Waals surface area contributed by atoms with Gasteiger partial charge in [0.15, 0.2) is 5.78 Å². The van der Waals surface area contributed by atoms with Gasteiger partial charge in [0.1, 0.15) is 0 Å². The first-order valence-electron chi connectivity index (χ1n) is 5.10. The lowest BCUT2D eigenvalue weighted by Gasteiger charge is -2.14. The first-order chi connectivity index (χ1) is 7.13. The summed E-state index contributed by atoms with van der Waals surface area (Å²) in [5.74, 6) is -0.364. The number of hydrogen-bond donors (Lipinski definition) is 1. The van der Waals surface area contributed by atoms with Crippen LogP contribution in [-0.4, -0.2) is 30.1 Å². The Balaban J connectivity index is 2.43. The average Bonchev–Trinajstić information content (AvgIpc) is 2.21. The molecule has 0 heterocycles. The first kappa shape index (κ1) is 11.9. The molecule has 0 fully saturated rings. The van der Waals surface area contributed by atoms with Crippen molar-refractivity contribution in [2.75, 3.05) is 7.11 Å². The Morgan fingerprint density at radius 3 is 3.00 bits per heavy atom. The van der Waals surface area contributed by atoms with Crippen LogP contribution in [0, 0.1) is 0 Å². The molecule has 0 aromatic rings. The predicted octanol–water partition coefficient (Wildman–Crippen LogP) is 0.980. The second kappa shape index (κ2) is 5.66. The van der Waals surface area contributed by atoms with Crippen LogP contribution in [0.4, 0.5) is 0 Å². The molecule has 0 aromatic heterocycles. The number of methoxy groups -OCH3 is 1. The minimum absolute atomic E-state index is 0.0544. The molecule has 1 rings (SSSR count). The largest absolute Gasteiger partial charge is 0.469 e. The lowest BCUT2D eigenvalue weighted by molar-refractivity contribution is -0.142. The maximum absolute atomic E-state index is 11.4. The van der Waals surface area contributed by atoms with Gasteiger partial charge in [-0.05, 0) is 18.4 Å². The van der Waals surface area contributed by atoms with E-state index in [1.54, 1.807) is 0 Å². The third kappa shape index (κ3) is 3.83. The minimum atomic E-state index is -0.814. The van der Waals surface area contributed by atoms with Crippen molar-refractivity contribution in [2.24, 2.45) is 0 Å². The molecular formula is C11H16O4. The normalized spacial score (nSPS) is 18.3. The van der Waals surface area contributed by atoms with E-state index in [2.05, 4.69) is 4.74 Å². The topological polar surface area (TPSA) is 63.6 Å². The number of carbonyl (C=O) groups excluding carboxylic acids is 2. The highest BCUT2D eigenvalue weighted by molar-refractivity contribution is 5.96. The zero-order valence-electron chi connectivity index (χ0n) is 8.86. The summed E-state index contributed by atoms with van der Waals surface area (Å²) in [6.07, 6.45) is 3.56. The van der Waals surface area contributed by atoms with Crippen LogP contribution in [-0.2, 0) is 14.3 Å². The molecule has 1 aliphatic carbocycles. The molecule has 0 bridgehead atoms. The van der Waals surface area contributed by atoms with E-state index in [0.29, 0.717) is 12.0 Å². The third-order valence-corrected chi connectivity index (χ3v) is 2.44. The van der Waals surface area contributed by atoms with Crippen molar-refractivity contribution in [3.8, 4) is 0 Å². The van der Waals surface area contributed by atoms with Crippen molar-refractivity contribution in [3.05, 3.63) is 11.6 Å². The van der Waals surface area contributed by atoms with E-state index in [1.165, 1.54) is 7.11 Å². The summed E-state index contributed by atoms with van der Waals surface area (Å²) in [7, 11) is 1.28. The van der Waals surface area contributed by atoms with Crippen LogP contribution >= 0.6 is 0 Å². The van der Waals surface area contributed by atoms with E-state index in [-0.39, 0.29) is 18.6 Å². The lowest BCUT2D eigenvalue weighted by Crippen LogP contribution is -2.18. The Labute approximate surface area is 88.9 Å². The number of aliphatic hydroxyl groups is 1. The zero-order chi connectivity index (χ0) is 11.3. The third-order valence-electron chi connectivity index (χ3n) is 2.44. The van der Waals surface area contributed by atoms with E-state index in [4.69, 9.17) is 0 Å². The summed E-state index contributed by atoms with van der Waals surface area (Å²) < 4.78 is 4.43. The van der Waals surface area contributed by atoms with Crippen LogP contribution in [0.2, 0.25) is 0 Å². The zero-order valence-corrected chi connectivity index (χ0v) is 8.86. The molecular weight excluding hydrogens is 196 g/mol. The van der Waals surface area contributed by atoms with Gasteiger partial charge in [-0.3, -0.25) is 9.59 Å². The number of Topliss-reactive ketones (excluding diaryl/α,β-unsaturated/α-hetero) is 1. The highest BCUT2D eigenvalue weighted by Crippen LogP contribution is 2.19. The van der Waals surface area contributed by atoms with Gasteiger partial charge < -0.3 is 9.84 Å². The number of esters is 1. The molecule has 0 aliphatic heterocycles. The molecule has 1 aliphatic rings. The maximum atomic E-state index is 11.4. The van der Waals surface area contributed by atoms with E-state index < -0.39 is 12.1 Å². The Morgan fingerprint density at radius 1 is 1.67 bits per heavy atom. The minimum Gasteiger partial charge on any atom is -0.469 e. The van der Waals surface area contributed by atoms with Gasteiger partial charge in [0.2, 0.25) is 0 Å². The Hall–Kier alpha value is -1.16. The van der Waals surface area contributed by atoms with Crippen LogP contribution in [0.5, 0.6) is 0 Å². The molecule has 15 heavy (non-hydrogen) atoms. The van der Waals surface area contributed by atoms with Crippen molar-refractivity contribution in [1.29, 1.82) is 0 Å². The number of aliphatic hydroxyl groups excluding tert-OH is 1. The van der Waals surface area contributed by atoms with Gasteiger partial charge in [-0.25, -0.2) is 0 Å². The molecule has 4 heteroatoms. The fraction of sp³-hybridized carbons (Fsp3) is 0.636. The Kier molecular flexibility index (Phi) is 4.49. The summed E-state index contributed by atoms with van der Waals surface area (Å²) in [6, 6.07) is 0. The highest BCUT2D eigenvalue weighted by Gasteiger charge is 2.19. The number of ether oxygens (including phenoxy) is 1. The number of allylic oxidation sites excluding steroid dienone is 1. The van der Waals surface area contributed by atoms with Crippen LogP contribution in [0.25, 0.3) is 0 Å². The summed E-state index contributed by atoms with van der Waals surface area (Å²) in [5, 5.41) is 9.53. The van der Waals surface area contributed by atoms with Crippen LogP contribution in [0.1, 0.15) is 32.1 Å². The monoisotopic (exact) mass is 212 g/mol. The second-order valence-electron chi connectivity index (χ2n) is 3.68. The molecule has 0 radical (unpaired) electrons. The van der Waals surface area contributed by atoms with Crippen molar-refractivity contribution in [1.82, 2.24) is 0 Å². The Bertz CT molecular complexity index is 280. The van der Waals surface area contributed by atoms with Gasteiger partial charge in [0, 0.05) is 12.8 Å². The highest BCUT2D eigenvalue weighted by atomic mass is 16.5. The van der Waals surface area contributed by atoms with Gasteiger partial charge in [0.25, 0.3) is 0 Å². The summed E-state index contributed by atoms with van der Waals surface area (Å²) in [6.45, 7) is 0. The van der Waals surface area contributed by atoms with Crippen molar-refractivity contribution in [2.45, 2.75) is 38.2 Å². The molecule has 1 unspecified atom stereocenters. The van der Waals surface area contributed by atoms with E-state index >= 15 is 0 Å². The number of rotatable bonds is 4. The standard InChI is InChI=1S/C11H16O4/c1-15-11(14)7-9(12)6-8-4-2-3-5-10(8)13/h4,9,12H,2-3,5-7H2,1H3.